The highest BCUT2D eigenvalue weighted by Gasteiger charge is 2.47. The van der Waals surface area contributed by atoms with Gasteiger partial charge in [-0.15, -0.1) is 0 Å². The van der Waals surface area contributed by atoms with Crippen molar-refractivity contribution in [3.8, 4) is 5.75 Å². The van der Waals surface area contributed by atoms with Crippen molar-refractivity contribution in [2.75, 3.05) is 62.2 Å². The standard InChI is InChI=1S/C33H44ClN6O2P/c1-7-23-16-27(29(42-4)17-28(23)40-19-33(20-40)12-14-39(15-13-33)24-9-10-24)37-32-35-18-25(34)31(38-32)36-26-11-8-21(2)22(3)30(26)43(5,6)41/h8,11,16-18,24H,7,9-10,12-15,19-20H2,1-6H3,(H2,35,36,37,38). The van der Waals surface area contributed by atoms with Crippen LogP contribution in [0.2, 0.25) is 5.02 Å². The summed E-state index contributed by atoms with van der Waals surface area (Å²) in [5.41, 5.74) is 6.63. The maximum Gasteiger partial charge on any atom is 0.229 e. The molecule has 1 saturated carbocycles. The van der Waals surface area contributed by atoms with E-state index < -0.39 is 7.14 Å². The second kappa shape index (κ2) is 11.6. The maximum absolute atomic E-state index is 13.2. The van der Waals surface area contributed by atoms with E-state index in [1.165, 1.54) is 50.0 Å². The Kier molecular flexibility index (Phi) is 8.16. The molecule has 43 heavy (non-hydrogen) atoms. The molecule has 0 unspecified atom stereocenters. The smallest absolute Gasteiger partial charge is 0.229 e. The summed E-state index contributed by atoms with van der Waals surface area (Å²) in [6.45, 7) is 14.5. The number of aromatic nitrogens is 2. The number of nitrogens with one attached hydrogen (secondary N) is 2. The Labute approximate surface area is 260 Å². The van der Waals surface area contributed by atoms with Crippen molar-refractivity contribution in [1.82, 2.24) is 14.9 Å². The average molecular weight is 623 g/mol. The first-order valence-corrected chi connectivity index (χ1v) is 18.4. The predicted octanol–water partition coefficient (Wildman–Crippen LogP) is 7.12. The Bertz CT molecular complexity index is 1570. The zero-order valence-electron chi connectivity index (χ0n) is 26.3. The zero-order chi connectivity index (χ0) is 30.5. The van der Waals surface area contributed by atoms with Gasteiger partial charge < -0.3 is 29.7 Å². The van der Waals surface area contributed by atoms with E-state index in [0.29, 0.717) is 22.2 Å². The number of likely N-dealkylation sites (tertiary alicyclic amines) is 1. The minimum atomic E-state index is -2.57. The number of anilines is 5. The predicted molar refractivity (Wildman–Crippen MR) is 179 cm³/mol. The van der Waals surface area contributed by atoms with Crippen LogP contribution in [0.1, 0.15) is 49.3 Å². The highest BCUT2D eigenvalue weighted by molar-refractivity contribution is 7.70. The van der Waals surface area contributed by atoms with Crippen LogP contribution in [-0.4, -0.2) is 67.5 Å². The molecule has 2 saturated heterocycles. The number of methoxy groups -OCH3 is 1. The van der Waals surface area contributed by atoms with Gasteiger partial charge in [0.05, 0.1) is 24.7 Å². The molecule has 2 N–H and O–H groups in total. The number of benzene rings is 2. The highest BCUT2D eigenvalue weighted by atomic mass is 35.5. The SMILES string of the molecule is CCc1cc(Nc2ncc(Cl)c(Nc3ccc(C)c(C)c3P(C)(C)=O)n2)c(OC)cc1N1CC2(CCN(C3CC3)CC2)C1. The number of nitrogens with zero attached hydrogens (tertiary/aromatic N) is 4. The summed E-state index contributed by atoms with van der Waals surface area (Å²) in [5.74, 6) is 1.59. The maximum atomic E-state index is 13.2. The fourth-order valence-electron chi connectivity index (χ4n) is 6.87. The van der Waals surface area contributed by atoms with Crippen LogP contribution in [0.3, 0.4) is 0 Å². The van der Waals surface area contributed by atoms with Gasteiger partial charge in [-0.1, -0.05) is 24.6 Å². The van der Waals surface area contributed by atoms with Crippen LogP contribution in [0.5, 0.6) is 5.75 Å². The topological polar surface area (TPSA) is 82.6 Å². The first-order valence-electron chi connectivity index (χ1n) is 15.4. The highest BCUT2D eigenvalue weighted by Crippen LogP contribution is 2.47. The minimum absolute atomic E-state index is 0.378. The molecule has 10 heteroatoms. The first-order chi connectivity index (χ1) is 20.5. The number of hydrogen-bond donors (Lipinski definition) is 2. The second-order valence-corrected chi connectivity index (χ2v) is 16.6. The molecule has 0 radical (unpaired) electrons. The third kappa shape index (κ3) is 6.11. The van der Waals surface area contributed by atoms with Crippen LogP contribution in [0.4, 0.5) is 28.8 Å². The molecule has 3 heterocycles. The van der Waals surface area contributed by atoms with Crippen molar-refractivity contribution >= 4 is 52.9 Å². The fraction of sp³-hybridized carbons (Fsp3) is 0.515. The lowest BCUT2D eigenvalue weighted by Gasteiger charge is -2.55. The number of rotatable bonds is 9. The normalized spacial score (nSPS) is 18.4. The van der Waals surface area contributed by atoms with Crippen LogP contribution in [0.15, 0.2) is 30.5 Å². The van der Waals surface area contributed by atoms with Gasteiger partial charge in [-0.2, -0.15) is 4.98 Å². The van der Waals surface area contributed by atoms with E-state index >= 15 is 0 Å². The van der Waals surface area contributed by atoms with E-state index in [-0.39, 0.29) is 0 Å². The molecular formula is C33H44ClN6O2P. The van der Waals surface area contributed by atoms with Crippen molar-refractivity contribution in [2.45, 2.75) is 58.9 Å². The molecule has 3 aromatic rings. The average Bonchev–Trinajstić information content (AvgIpc) is 3.80. The number of ether oxygens (including phenoxy) is 1. The number of halogens is 1. The molecule has 2 aromatic carbocycles. The van der Waals surface area contributed by atoms with Crippen molar-refractivity contribution in [2.24, 2.45) is 5.41 Å². The third-order valence-corrected chi connectivity index (χ3v) is 11.5. The third-order valence-electron chi connectivity index (χ3n) is 9.58. The lowest BCUT2D eigenvalue weighted by atomic mass is 9.71. The van der Waals surface area contributed by atoms with Gasteiger partial charge in [-0.3, -0.25) is 0 Å². The Morgan fingerprint density at radius 1 is 1.09 bits per heavy atom. The molecule has 0 bridgehead atoms. The van der Waals surface area contributed by atoms with Crippen molar-refractivity contribution < 1.29 is 9.30 Å². The van der Waals surface area contributed by atoms with E-state index in [2.05, 4.69) is 44.5 Å². The second-order valence-electron chi connectivity index (χ2n) is 13.1. The van der Waals surface area contributed by atoms with Gasteiger partial charge in [0.25, 0.3) is 0 Å². The number of piperidine rings is 1. The lowest BCUT2D eigenvalue weighted by Crippen LogP contribution is -2.60. The van der Waals surface area contributed by atoms with Gasteiger partial charge in [0.1, 0.15) is 17.9 Å². The fourth-order valence-corrected chi connectivity index (χ4v) is 8.70. The summed E-state index contributed by atoms with van der Waals surface area (Å²) in [5, 5.41) is 7.89. The summed E-state index contributed by atoms with van der Waals surface area (Å²) in [7, 11) is -0.872. The van der Waals surface area contributed by atoms with E-state index in [4.69, 9.17) is 21.3 Å². The van der Waals surface area contributed by atoms with Gasteiger partial charge in [-0.25, -0.2) is 4.98 Å². The minimum Gasteiger partial charge on any atom is -0.494 e. The Balaban J connectivity index is 1.21. The molecule has 2 aliphatic heterocycles. The monoisotopic (exact) mass is 622 g/mol. The van der Waals surface area contributed by atoms with Crippen LogP contribution in [0.25, 0.3) is 0 Å². The molecule has 3 fully saturated rings. The van der Waals surface area contributed by atoms with Crippen LogP contribution in [-0.2, 0) is 11.0 Å². The van der Waals surface area contributed by atoms with Gasteiger partial charge in [0.15, 0.2) is 5.82 Å². The molecule has 230 valence electrons. The van der Waals surface area contributed by atoms with Crippen LogP contribution in [0, 0.1) is 19.3 Å². The van der Waals surface area contributed by atoms with Gasteiger partial charge in [0.2, 0.25) is 5.95 Å². The zero-order valence-corrected chi connectivity index (χ0v) is 27.9. The number of hydrogen-bond acceptors (Lipinski definition) is 8. The summed E-state index contributed by atoms with van der Waals surface area (Å²) in [4.78, 5) is 14.4. The number of aryl methyl sites for hydroxylation is 2. The summed E-state index contributed by atoms with van der Waals surface area (Å²) >= 11 is 6.54. The Morgan fingerprint density at radius 3 is 2.44 bits per heavy atom. The van der Waals surface area contributed by atoms with Gasteiger partial charge in [0, 0.05) is 41.6 Å². The van der Waals surface area contributed by atoms with Gasteiger partial charge in [-0.05, 0) is 101 Å². The molecular weight excluding hydrogens is 579 g/mol. The van der Waals surface area contributed by atoms with Gasteiger partial charge >= 0.3 is 0 Å². The lowest BCUT2D eigenvalue weighted by molar-refractivity contribution is 0.0721. The van der Waals surface area contributed by atoms with Crippen molar-refractivity contribution in [3.05, 3.63) is 52.2 Å². The molecule has 1 aromatic heterocycles. The first kappa shape index (κ1) is 30.2. The molecule has 0 atom stereocenters. The van der Waals surface area contributed by atoms with Crippen LogP contribution >= 0.6 is 18.7 Å². The summed E-state index contributed by atoms with van der Waals surface area (Å²) in [6, 6.07) is 9.14. The van der Waals surface area contributed by atoms with Crippen molar-refractivity contribution in [3.63, 3.8) is 0 Å². The Morgan fingerprint density at radius 2 is 1.81 bits per heavy atom. The quantitative estimate of drug-likeness (QED) is 0.244. The van der Waals surface area contributed by atoms with E-state index in [1.54, 1.807) is 26.6 Å². The molecule has 8 nitrogen and oxygen atoms in total. The molecule has 1 spiro atoms. The summed E-state index contributed by atoms with van der Waals surface area (Å²) in [6.07, 6.45) is 7.89. The molecule has 3 aliphatic rings. The van der Waals surface area contributed by atoms with E-state index in [1.807, 2.05) is 26.0 Å². The van der Waals surface area contributed by atoms with Crippen molar-refractivity contribution in [1.29, 1.82) is 0 Å². The Hall–Kier alpha value is -2.80. The largest absolute Gasteiger partial charge is 0.494 e. The molecule has 1 aliphatic carbocycles. The van der Waals surface area contributed by atoms with E-state index in [9.17, 15) is 4.57 Å². The van der Waals surface area contributed by atoms with E-state index in [0.717, 1.165) is 59.1 Å². The molecule has 0 amide bonds. The molecule has 6 rings (SSSR count). The van der Waals surface area contributed by atoms with Crippen LogP contribution < -0.4 is 25.6 Å². The summed E-state index contributed by atoms with van der Waals surface area (Å²) < 4.78 is 19.1.